The molecule has 1 aliphatic rings. The maximum absolute atomic E-state index is 12.5. The third-order valence-electron chi connectivity index (χ3n) is 4.83. The van der Waals surface area contributed by atoms with Crippen molar-refractivity contribution in [3.63, 3.8) is 0 Å². The fraction of sp³-hybridized carbons (Fsp3) is 0.368. The molecule has 138 valence electrons. The van der Waals surface area contributed by atoms with E-state index in [2.05, 4.69) is 20.1 Å². The van der Waals surface area contributed by atoms with E-state index in [-0.39, 0.29) is 5.91 Å². The van der Waals surface area contributed by atoms with Crippen molar-refractivity contribution >= 4 is 5.91 Å². The first kappa shape index (κ1) is 17.3. The van der Waals surface area contributed by atoms with Gasteiger partial charge in [-0.1, -0.05) is 5.16 Å². The average molecular weight is 364 g/mol. The monoisotopic (exact) mass is 364 g/mol. The zero-order valence-corrected chi connectivity index (χ0v) is 15.3. The summed E-state index contributed by atoms with van der Waals surface area (Å²) in [7, 11) is 0. The van der Waals surface area contributed by atoms with Gasteiger partial charge in [0.2, 0.25) is 0 Å². The Hall–Kier alpha value is -3.16. The van der Waals surface area contributed by atoms with Crippen LogP contribution in [0.5, 0.6) is 0 Å². The highest BCUT2D eigenvalue weighted by atomic mass is 16.5. The fourth-order valence-corrected chi connectivity index (χ4v) is 3.52. The van der Waals surface area contributed by atoms with Gasteiger partial charge in [-0.25, -0.2) is 9.97 Å². The van der Waals surface area contributed by atoms with E-state index in [4.69, 9.17) is 9.51 Å². The SMILES string of the molecule is Cc1noc(C)c1-c1cncc(CC2CCN(C(=O)c3cnccn3)C2)n1. The minimum Gasteiger partial charge on any atom is -0.361 e. The van der Waals surface area contributed by atoms with E-state index in [1.807, 2.05) is 18.7 Å². The van der Waals surface area contributed by atoms with Gasteiger partial charge in [0.1, 0.15) is 11.5 Å². The van der Waals surface area contributed by atoms with E-state index < -0.39 is 0 Å². The largest absolute Gasteiger partial charge is 0.361 e. The minimum absolute atomic E-state index is 0.0684. The average Bonchev–Trinajstić information content (AvgIpc) is 3.28. The van der Waals surface area contributed by atoms with Gasteiger partial charge in [-0.05, 0) is 32.6 Å². The maximum Gasteiger partial charge on any atom is 0.274 e. The van der Waals surface area contributed by atoms with Gasteiger partial charge in [-0.3, -0.25) is 14.8 Å². The molecule has 1 aliphatic heterocycles. The molecule has 0 spiro atoms. The first-order valence-electron chi connectivity index (χ1n) is 8.91. The third-order valence-corrected chi connectivity index (χ3v) is 4.83. The summed E-state index contributed by atoms with van der Waals surface area (Å²) in [5.74, 6) is 1.02. The van der Waals surface area contributed by atoms with Gasteiger partial charge in [0.05, 0.1) is 35.0 Å². The molecule has 1 saturated heterocycles. The summed E-state index contributed by atoms with van der Waals surface area (Å²) in [6.07, 6.45) is 9.83. The van der Waals surface area contributed by atoms with Crippen LogP contribution in [-0.2, 0) is 6.42 Å². The molecule has 8 nitrogen and oxygen atoms in total. The Labute approximate surface area is 156 Å². The second-order valence-corrected chi connectivity index (χ2v) is 6.80. The minimum atomic E-state index is -0.0684. The molecule has 1 unspecified atom stereocenters. The van der Waals surface area contributed by atoms with Crippen molar-refractivity contribution in [3.8, 4) is 11.3 Å². The summed E-state index contributed by atoms with van der Waals surface area (Å²) in [6, 6.07) is 0. The van der Waals surface area contributed by atoms with Crippen molar-refractivity contribution in [1.29, 1.82) is 0 Å². The number of nitrogens with zero attached hydrogens (tertiary/aromatic N) is 6. The number of likely N-dealkylation sites (tertiary alicyclic amines) is 1. The molecule has 1 amide bonds. The molecule has 0 bridgehead atoms. The molecule has 0 aliphatic carbocycles. The highest BCUT2D eigenvalue weighted by molar-refractivity contribution is 5.92. The zero-order chi connectivity index (χ0) is 18.8. The smallest absolute Gasteiger partial charge is 0.274 e. The Bertz CT molecular complexity index is 936. The summed E-state index contributed by atoms with van der Waals surface area (Å²) in [5, 5.41) is 3.99. The molecule has 4 heterocycles. The Balaban J connectivity index is 1.45. The molecular formula is C19H20N6O2. The van der Waals surface area contributed by atoms with Crippen molar-refractivity contribution in [3.05, 3.63) is 53.8 Å². The first-order chi connectivity index (χ1) is 13.1. The summed E-state index contributed by atoms with van der Waals surface area (Å²) in [6.45, 7) is 5.17. The van der Waals surface area contributed by atoms with Crippen LogP contribution < -0.4 is 0 Å². The van der Waals surface area contributed by atoms with Gasteiger partial charge in [0.25, 0.3) is 5.91 Å². The van der Waals surface area contributed by atoms with E-state index in [1.54, 1.807) is 18.6 Å². The first-order valence-corrected chi connectivity index (χ1v) is 8.91. The lowest BCUT2D eigenvalue weighted by Gasteiger charge is -2.15. The second kappa shape index (κ2) is 7.22. The zero-order valence-electron chi connectivity index (χ0n) is 15.3. The van der Waals surface area contributed by atoms with Crippen LogP contribution in [0, 0.1) is 19.8 Å². The van der Waals surface area contributed by atoms with Crippen molar-refractivity contribution in [2.75, 3.05) is 13.1 Å². The predicted molar refractivity (Wildman–Crippen MR) is 96.7 cm³/mol. The van der Waals surface area contributed by atoms with Crippen molar-refractivity contribution < 1.29 is 9.32 Å². The molecule has 0 N–H and O–H groups in total. The summed E-state index contributed by atoms with van der Waals surface area (Å²) in [5.41, 5.74) is 3.77. The van der Waals surface area contributed by atoms with E-state index >= 15 is 0 Å². The number of amides is 1. The standard InChI is InChI=1S/C19H20N6O2/c1-12-18(13(2)27-24-12)16-9-21-8-15(23-16)7-14-3-6-25(11-14)19(26)17-10-20-4-5-22-17/h4-5,8-10,14H,3,6-7,11H2,1-2H3. The van der Waals surface area contributed by atoms with Gasteiger partial charge in [0, 0.05) is 31.7 Å². The molecule has 0 saturated carbocycles. The van der Waals surface area contributed by atoms with Crippen LogP contribution in [-0.4, -0.2) is 49.0 Å². The fourth-order valence-electron chi connectivity index (χ4n) is 3.52. The summed E-state index contributed by atoms with van der Waals surface area (Å²) < 4.78 is 5.23. The molecule has 1 atom stereocenters. The number of hydrogen-bond donors (Lipinski definition) is 0. The molecule has 27 heavy (non-hydrogen) atoms. The van der Waals surface area contributed by atoms with Crippen LogP contribution >= 0.6 is 0 Å². The van der Waals surface area contributed by atoms with E-state index in [9.17, 15) is 4.79 Å². The molecule has 0 radical (unpaired) electrons. The molecule has 8 heteroatoms. The van der Waals surface area contributed by atoms with Crippen LogP contribution in [0.15, 0.2) is 35.5 Å². The topological polar surface area (TPSA) is 97.9 Å². The second-order valence-electron chi connectivity index (χ2n) is 6.80. The number of hydrogen-bond acceptors (Lipinski definition) is 7. The Morgan fingerprint density at radius 1 is 1.22 bits per heavy atom. The Morgan fingerprint density at radius 3 is 2.85 bits per heavy atom. The lowest BCUT2D eigenvalue weighted by Crippen LogP contribution is -2.29. The van der Waals surface area contributed by atoms with Crippen LogP contribution in [0.3, 0.4) is 0 Å². The predicted octanol–water partition coefficient (Wildman–Crippen LogP) is 2.24. The molecule has 3 aromatic rings. The van der Waals surface area contributed by atoms with E-state index in [1.165, 1.54) is 12.4 Å². The lowest BCUT2D eigenvalue weighted by atomic mass is 10.0. The van der Waals surface area contributed by atoms with Gasteiger partial charge in [-0.2, -0.15) is 0 Å². The van der Waals surface area contributed by atoms with Gasteiger partial charge in [-0.15, -0.1) is 0 Å². The normalized spacial score (nSPS) is 16.7. The highest BCUT2D eigenvalue weighted by Gasteiger charge is 2.28. The molecular weight excluding hydrogens is 344 g/mol. The van der Waals surface area contributed by atoms with Crippen molar-refractivity contribution in [2.45, 2.75) is 26.7 Å². The molecule has 0 aromatic carbocycles. The van der Waals surface area contributed by atoms with Crippen LogP contribution in [0.25, 0.3) is 11.3 Å². The number of aryl methyl sites for hydroxylation is 2. The molecule has 4 rings (SSSR count). The van der Waals surface area contributed by atoms with Gasteiger partial charge >= 0.3 is 0 Å². The van der Waals surface area contributed by atoms with E-state index in [0.717, 1.165) is 47.8 Å². The van der Waals surface area contributed by atoms with Crippen LogP contribution in [0.1, 0.15) is 34.1 Å². The van der Waals surface area contributed by atoms with Gasteiger partial charge in [0.15, 0.2) is 0 Å². The number of carbonyl (C=O) groups is 1. The summed E-state index contributed by atoms with van der Waals surface area (Å²) >= 11 is 0. The highest BCUT2D eigenvalue weighted by Crippen LogP contribution is 2.26. The number of aromatic nitrogens is 5. The number of rotatable bonds is 4. The third kappa shape index (κ3) is 3.55. The van der Waals surface area contributed by atoms with Crippen LogP contribution in [0.4, 0.5) is 0 Å². The number of carbonyl (C=O) groups excluding carboxylic acids is 1. The van der Waals surface area contributed by atoms with E-state index in [0.29, 0.717) is 18.2 Å². The Kier molecular flexibility index (Phi) is 4.62. The summed E-state index contributed by atoms with van der Waals surface area (Å²) in [4.78, 5) is 31.5. The van der Waals surface area contributed by atoms with Crippen molar-refractivity contribution in [2.24, 2.45) is 5.92 Å². The molecule has 1 fully saturated rings. The molecule has 3 aromatic heterocycles. The van der Waals surface area contributed by atoms with Gasteiger partial charge < -0.3 is 9.42 Å². The quantitative estimate of drug-likeness (QED) is 0.700. The van der Waals surface area contributed by atoms with Crippen LogP contribution in [0.2, 0.25) is 0 Å². The lowest BCUT2D eigenvalue weighted by molar-refractivity contribution is 0.0780. The Morgan fingerprint density at radius 2 is 2.11 bits per heavy atom. The van der Waals surface area contributed by atoms with Crippen molar-refractivity contribution in [1.82, 2.24) is 30.0 Å². The maximum atomic E-state index is 12.5.